The first-order valence-electron chi connectivity index (χ1n) is 6.02. The van der Waals surface area contributed by atoms with Crippen molar-refractivity contribution in [3.05, 3.63) is 53.6 Å². The molecule has 2 aromatic rings. The van der Waals surface area contributed by atoms with Gasteiger partial charge in [0.2, 0.25) is 0 Å². The number of benzene rings is 2. The average Bonchev–Trinajstić information content (AvgIpc) is 2.47. The largest absolute Gasteiger partial charge is 0.503 e. The van der Waals surface area contributed by atoms with Crippen LogP contribution in [0.1, 0.15) is 23.7 Å². The fraction of sp³-hybridized carbons (Fsp3) is 0.133. The maximum atomic E-state index is 11.9. The molecular weight excluding hydrogens is 435 g/mol. The maximum Gasteiger partial charge on any atom is 0.366 e. The maximum absolute atomic E-state index is 11.9. The highest BCUT2D eigenvalue weighted by molar-refractivity contribution is 9.10. The van der Waals surface area contributed by atoms with Gasteiger partial charge in [0.15, 0.2) is 20.9 Å². The van der Waals surface area contributed by atoms with E-state index in [9.17, 15) is 15.0 Å². The third kappa shape index (κ3) is 3.15. The fourth-order valence-corrected chi connectivity index (χ4v) is 4.97. The van der Waals surface area contributed by atoms with Crippen molar-refractivity contribution in [3.8, 4) is 11.5 Å². The number of rotatable bonds is 4. The van der Waals surface area contributed by atoms with Gasteiger partial charge < -0.3 is 10.2 Å². The zero-order valence-electron chi connectivity index (χ0n) is 10.7. The Morgan fingerprint density at radius 3 is 2.45 bits per heavy atom. The molecule has 0 bridgehead atoms. The second kappa shape index (κ2) is 6.58. The molecule has 5 heteroatoms. The molecule has 0 aliphatic carbocycles. The molecule has 0 spiro atoms. The average molecular weight is 448 g/mol. The standard InChI is InChI=1S/C15H12BrIO3/c1-2-12(18)10-8-11(16)15(20)13(14(10)19)17-9-6-4-3-5-7-9/h3-8H,2H2,1H3,(H-,18,19,20)/p+1. The van der Waals surface area contributed by atoms with Crippen LogP contribution in [0.2, 0.25) is 0 Å². The Morgan fingerprint density at radius 1 is 1.20 bits per heavy atom. The van der Waals surface area contributed by atoms with E-state index in [2.05, 4.69) is 15.9 Å². The molecule has 2 aromatic carbocycles. The van der Waals surface area contributed by atoms with Gasteiger partial charge in [0, 0.05) is 6.42 Å². The molecule has 20 heavy (non-hydrogen) atoms. The van der Waals surface area contributed by atoms with Crippen LogP contribution in [0.3, 0.4) is 0 Å². The summed E-state index contributed by atoms with van der Waals surface area (Å²) >= 11 is 2.48. The van der Waals surface area contributed by atoms with E-state index in [1.54, 1.807) is 6.92 Å². The Hall–Kier alpha value is -1.08. The zero-order chi connectivity index (χ0) is 14.7. The Balaban J connectivity index is 2.51. The highest BCUT2D eigenvalue weighted by atomic mass is 127. The van der Waals surface area contributed by atoms with Crippen molar-refractivity contribution in [3.63, 3.8) is 0 Å². The molecule has 0 atom stereocenters. The second-order valence-corrected chi connectivity index (χ2v) is 7.80. The third-order valence-electron chi connectivity index (χ3n) is 2.73. The molecule has 0 aliphatic rings. The van der Waals surface area contributed by atoms with Gasteiger partial charge in [-0.3, -0.25) is 4.79 Å². The number of phenolic OH excluding ortho intramolecular Hbond substituents is 2. The second-order valence-electron chi connectivity index (χ2n) is 4.08. The van der Waals surface area contributed by atoms with Crippen LogP contribution in [0.5, 0.6) is 11.5 Å². The first-order valence-corrected chi connectivity index (χ1v) is 8.97. The summed E-state index contributed by atoms with van der Waals surface area (Å²) < 4.78 is 1.98. The van der Waals surface area contributed by atoms with Gasteiger partial charge in [0.1, 0.15) is 0 Å². The number of ketones is 1. The highest BCUT2D eigenvalue weighted by Crippen LogP contribution is 2.32. The first-order chi connectivity index (χ1) is 9.54. The van der Waals surface area contributed by atoms with Crippen molar-refractivity contribution in [2.24, 2.45) is 0 Å². The van der Waals surface area contributed by atoms with Gasteiger partial charge in [-0.2, -0.15) is 0 Å². The number of hydrogen-bond donors (Lipinski definition) is 2. The Morgan fingerprint density at radius 2 is 1.85 bits per heavy atom. The van der Waals surface area contributed by atoms with Gasteiger partial charge in [0.25, 0.3) is 3.57 Å². The topological polar surface area (TPSA) is 57.5 Å². The van der Waals surface area contributed by atoms with Gasteiger partial charge in [-0.25, -0.2) is 0 Å². The summed E-state index contributed by atoms with van der Waals surface area (Å²) in [6, 6.07) is 11.1. The lowest BCUT2D eigenvalue weighted by Gasteiger charge is -2.05. The minimum absolute atomic E-state index is 0.0202. The van der Waals surface area contributed by atoms with Crippen LogP contribution in [0, 0.1) is 7.14 Å². The van der Waals surface area contributed by atoms with Gasteiger partial charge in [-0.15, -0.1) is 0 Å². The molecule has 0 unspecified atom stereocenters. The summed E-state index contributed by atoms with van der Waals surface area (Å²) in [5.74, 6) is -0.206. The van der Waals surface area contributed by atoms with Crippen LogP contribution >= 0.6 is 15.9 Å². The number of aromatic hydroxyl groups is 2. The molecule has 3 nitrogen and oxygen atoms in total. The SMILES string of the molecule is CCC(=O)c1cc(Br)c(O)c([I+]c2ccccc2)c1O. The van der Waals surface area contributed by atoms with E-state index < -0.39 is 21.2 Å². The summed E-state index contributed by atoms with van der Waals surface area (Å²) in [4.78, 5) is 11.9. The number of phenols is 2. The predicted molar refractivity (Wildman–Crippen MR) is 75.9 cm³/mol. The molecule has 0 saturated heterocycles. The minimum Gasteiger partial charge on any atom is -0.503 e. The fourth-order valence-electron chi connectivity index (χ4n) is 1.68. The van der Waals surface area contributed by atoms with Gasteiger partial charge in [-0.05, 0) is 34.1 Å². The molecule has 2 N–H and O–H groups in total. The number of carbonyl (C=O) groups excluding carboxylic acids is 1. The Labute approximate surface area is 136 Å². The van der Waals surface area contributed by atoms with Crippen LogP contribution < -0.4 is 21.2 Å². The first kappa shape index (κ1) is 15.3. The van der Waals surface area contributed by atoms with Gasteiger partial charge in [-0.1, -0.05) is 25.1 Å². The number of carbonyl (C=O) groups is 1. The molecule has 2 rings (SSSR count). The van der Waals surface area contributed by atoms with Crippen molar-refractivity contribution < 1.29 is 36.2 Å². The Kier molecular flexibility index (Phi) is 5.04. The summed E-state index contributed by atoms with van der Waals surface area (Å²) in [5.41, 5.74) is 0.266. The van der Waals surface area contributed by atoms with Crippen LogP contribution in [0.25, 0.3) is 0 Å². The van der Waals surface area contributed by atoms with E-state index in [4.69, 9.17) is 0 Å². The number of Topliss-reactive ketones (excluding diaryl/α,β-unsaturated/α-hetero) is 1. The normalized spacial score (nSPS) is 10.5. The van der Waals surface area contributed by atoms with Crippen LogP contribution in [0.4, 0.5) is 0 Å². The summed E-state index contributed by atoms with van der Waals surface area (Å²) in [7, 11) is 0. The van der Waals surface area contributed by atoms with Crippen LogP contribution in [0.15, 0.2) is 40.9 Å². The molecule has 0 heterocycles. The minimum atomic E-state index is -0.761. The van der Waals surface area contributed by atoms with E-state index in [0.717, 1.165) is 3.57 Å². The summed E-state index contributed by atoms with van der Waals surface area (Å²) in [6.45, 7) is 1.74. The zero-order valence-corrected chi connectivity index (χ0v) is 14.5. The van der Waals surface area contributed by atoms with Crippen molar-refractivity contribution in [2.45, 2.75) is 13.3 Å². The summed E-state index contributed by atoms with van der Waals surface area (Å²) in [5, 5.41) is 20.4. The molecule has 104 valence electrons. The lowest BCUT2D eigenvalue weighted by molar-refractivity contribution is -0.599. The van der Waals surface area contributed by atoms with Crippen molar-refractivity contribution in [1.29, 1.82) is 0 Å². The van der Waals surface area contributed by atoms with Gasteiger partial charge >= 0.3 is 21.2 Å². The van der Waals surface area contributed by atoms with Crippen LogP contribution in [-0.4, -0.2) is 16.0 Å². The third-order valence-corrected chi connectivity index (χ3v) is 6.23. The van der Waals surface area contributed by atoms with Crippen molar-refractivity contribution in [1.82, 2.24) is 0 Å². The summed E-state index contributed by atoms with van der Waals surface area (Å²) in [6.07, 6.45) is 0.313. The number of halogens is 2. The molecule has 0 saturated carbocycles. The predicted octanol–water partition coefficient (Wildman–Crippen LogP) is 0.581. The number of hydrogen-bond acceptors (Lipinski definition) is 3. The highest BCUT2D eigenvalue weighted by Gasteiger charge is 2.30. The molecular formula is C15H13BrIO3+. The smallest absolute Gasteiger partial charge is 0.366 e. The van der Waals surface area contributed by atoms with Crippen molar-refractivity contribution >= 4 is 21.7 Å². The molecule has 0 radical (unpaired) electrons. The quantitative estimate of drug-likeness (QED) is 0.532. The lowest BCUT2D eigenvalue weighted by atomic mass is 10.1. The molecule has 0 aromatic heterocycles. The molecule has 0 amide bonds. The van der Waals surface area contributed by atoms with Crippen molar-refractivity contribution in [2.75, 3.05) is 0 Å². The lowest BCUT2D eigenvalue weighted by Crippen LogP contribution is -3.61. The van der Waals surface area contributed by atoms with Crippen LogP contribution in [-0.2, 0) is 0 Å². The van der Waals surface area contributed by atoms with E-state index in [1.807, 2.05) is 30.3 Å². The van der Waals surface area contributed by atoms with E-state index in [-0.39, 0.29) is 22.8 Å². The molecule has 0 aliphatic heterocycles. The van der Waals surface area contributed by atoms with E-state index in [0.29, 0.717) is 14.5 Å². The van der Waals surface area contributed by atoms with E-state index in [1.165, 1.54) is 6.07 Å². The monoisotopic (exact) mass is 447 g/mol. The Bertz CT molecular complexity index is 641. The molecule has 0 fully saturated rings. The van der Waals surface area contributed by atoms with E-state index >= 15 is 0 Å². The van der Waals surface area contributed by atoms with Gasteiger partial charge in [0.05, 0.1) is 10.0 Å².